The van der Waals surface area contributed by atoms with Gasteiger partial charge in [-0.2, -0.15) is 0 Å². The lowest BCUT2D eigenvalue weighted by Gasteiger charge is -2.24. The molecule has 0 unspecified atom stereocenters. The van der Waals surface area contributed by atoms with E-state index in [1.807, 2.05) is 0 Å². The molecule has 1 atom stereocenters. The monoisotopic (exact) mass is 336 g/mol. The van der Waals surface area contributed by atoms with Crippen molar-refractivity contribution in [3.63, 3.8) is 0 Å². The molecule has 1 amide bonds. The molecule has 8 heteroatoms. The number of carbonyl (C=O) groups is 1. The van der Waals surface area contributed by atoms with Gasteiger partial charge >= 0.3 is 0 Å². The van der Waals surface area contributed by atoms with E-state index in [-0.39, 0.29) is 23.0 Å². The average Bonchev–Trinajstić information content (AvgIpc) is 2.89. The number of anilines is 1. The zero-order valence-corrected chi connectivity index (χ0v) is 12.4. The Balaban J connectivity index is 1.98. The number of non-ortho nitro benzene ring substituents is 1. The van der Waals surface area contributed by atoms with E-state index < -0.39 is 21.9 Å². The molecule has 1 saturated heterocycles. The molecule has 5 nitrogen and oxygen atoms in total. The third kappa shape index (κ3) is 2.89. The van der Waals surface area contributed by atoms with E-state index in [0.717, 1.165) is 12.1 Å². The molecule has 3 rings (SSSR count). The van der Waals surface area contributed by atoms with Crippen molar-refractivity contribution in [3.05, 3.63) is 69.8 Å². The number of hydrogen-bond donors (Lipinski definition) is 0. The lowest BCUT2D eigenvalue weighted by Crippen LogP contribution is -2.28. The summed E-state index contributed by atoms with van der Waals surface area (Å²) in [5.74, 6) is -1.70. The minimum atomic E-state index is -0.826. The highest BCUT2D eigenvalue weighted by atomic mass is 32.2. The third-order valence-electron chi connectivity index (χ3n) is 3.43. The van der Waals surface area contributed by atoms with Crippen LogP contribution in [0, 0.1) is 21.7 Å². The van der Waals surface area contributed by atoms with Gasteiger partial charge in [0.05, 0.1) is 16.4 Å². The Hall–Kier alpha value is -2.48. The quantitative estimate of drug-likeness (QED) is 0.634. The maximum Gasteiger partial charge on any atom is 0.269 e. The van der Waals surface area contributed by atoms with Crippen LogP contribution in [0.2, 0.25) is 0 Å². The summed E-state index contributed by atoms with van der Waals surface area (Å²) in [6.45, 7) is 0. The van der Waals surface area contributed by atoms with Gasteiger partial charge in [-0.15, -0.1) is 11.8 Å². The second-order valence-corrected chi connectivity index (χ2v) is 5.94. The van der Waals surface area contributed by atoms with E-state index in [2.05, 4.69) is 0 Å². The Morgan fingerprint density at radius 3 is 2.48 bits per heavy atom. The largest absolute Gasteiger partial charge is 0.292 e. The van der Waals surface area contributed by atoms with Crippen molar-refractivity contribution >= 4 is 29.0 Å². The van der Waals surface area contributed by atoms with Gasteiger partial charge in [-0.1, -0.05) is 0 Å². The van der Waals surface area contributed by atoms with Crippen LogP contribution in [0.3, 0.4) is 0 Å². The van der Waals surface area contributed by atoms with Crippen molar-refractivity contribution in [3.8, 4) is 0 Å². The first kappa shape index (κ1) is 15.4. The van der Waals surface area contributed by atoms with Gasteiger partial charge in [-0.25, -0.2) is 8.78 Å². The Morgan fingerprint density at radius 1 is 1.17 bits per heavy atom. The van der Waals surface area contributed by atoms with Crippen molar-refractivity contribution in [2.45, 2.75) is 5.37 Å². The van der Waals surface area contributed by atoms with Crippen LogP contribution >= 0.6 is 11.8 Å². The highest BCUT2D eigenvalue weighted by Gasteiger charge is 2.35. The number of thioether (sulfide) groups is 1. The predicted molar refractivity (Wildman–Crippen MR) is 82.1 cm³/mol. The summed E-state index contributed by atoms with van der Waals surface area (Å²) >= 11 is 1.28. The van der Waals surface area contributed by atoms with Crippen LogP contribution in [0.25, 0.3) is 0 Å². The molecule has 1 heterocycles. The van der Waals surface area contributed by atoms with E-state index in [9.17, 15) is 23.7 Å². The first-order valence-corrected chi connectivity index (χ1v) is 7.65. The van der Waals surface area contributed by atoms with Crippen LogP contribution in [-0.2, 0) is 4.79 Å². The Morgan fingerprint density at radius 2 is 1.87 bits per heavy atom. The highest BCUT2D eigenvalue weighted by molar-refractivity contribution is 8.00. The first-order valence-electron chi connectivity index (χ1n) is 6.60. The third-order valence-corrected chi connectivity index (χ3v) is 4.64. The Bertz CT molecular complexity index is 783. The molecule has 0 aliphatic carbocycles. The number of nitro groups is 1. The fourth-order valence-corrected chi connectivity index (χ4v) is 3.54. The summed E-state index contributed by atoms with van der Waals surface area (Å²) in [7, 11) is 0. The minimum Gasteiger partial charge on any atom is -0.292 e. The molecular formula is C15H10F2N2O3S. The van der Waals surface area contributed by atoms with E-state index in [0.29, 0.717) is 5.56 Å². The number of nitrogens with zero attached hydrogens (tertiary/aromatic N) is 2. The number of carbonyl (C=O) groups excluding carboxylic acids is 1. The van der Waals surface area contributed by atoms with Crippen molar-refractivity contribution in [2.24, 2.45) is 0 Å². The zero-order chi connectivity index (χ0) is 16.6. The Kier molecular flexibility index (Phi) is 3.99. The van der Waals surface area contributed by atoms with Crippen molar-refractivity contribution < 1.29 is 18.5 Å². The molecule has 1 fully saturated rings. The summed E-state index contributed by atoms with van der Waals surface area (Å²) in [4.78, 5) is 23.5. The van der Waals surface area contributed by atoms with Gasteiger partial charge in [0.15, 0.2) is 0 Å². The van der Waals surface area contributed by atoms with Gasteiger partial charge < -0.3 is 0 Å². The molecule has 0 spiro atoms. The normalized spacial score (nSPS) is 17.6. The van der Waals surface area contributed by atoms with E-state index in [1.54, 1.807) is 0 Å². The number of amides is 1. The van der Waals surface area contributed by atoms with Crippen LogP contribution in [0.15, 0.2) is 42.5 Å². The van der Waals surface area contributed by atoms with Crippen molar-refractivity contribution in [1.82, 2.24) is 0 Å². The zero-order valence-electron chi connectivity index (χ0n) is 11.6. The van der Waals surface area contributed by atoms with Gasteiger partial charge in [0.25, 0.3) is 5.69 Å². The van der Waals surface area contributed by atoms with Crippen LogP contribution in [0.4, 0.5) is 20.2 Å². The van der Waals surface area contributed by atoms with Crippen LogP contribution in [0.5, 0.6) is 0 Å². The van der Waals surface area contributed by atoms with Crippen LogP contribution in [0.1, 0.15) is 10.9 Å². The molecule has 0 aromatic heterocycles. The molecular weight excluding hydrogens is 326 g/mol. The highest BCUT2D eigenvalue weighted by Crippen LogP contribution is 2.42. The van der Waals surface area contributed by atoms with E-state index in [1.165, 1.54) is 47.0 Å². The molecule has 2 aromatic rings. The van der Waals surface area contributed by atoms with Gasteiger partial charge in [-0.05, 0) is 29.8 Å². The summed E-state index contributed by atoms with van der Waals surface area (Å²) in [5.41, 5.74) is 0.558. The van der Waals surface area contributed by atoms with Gasteiger partial charge in [0.2, 0.25) is 5.91 Å². The smallest absolute Gasteiger partial charge is 0.269 e. The second kappa shape index (κ2) is 5.96. The molecule has 0 N–H and O–H groups in total. The number of nitro benzene ring substituents is 1. The molecule has 0 radical (unpaired) electrons. The molecule has 0 bridgehead atoms. The molecule has 118 valence electrons. The molecule has 1 aliphatic heterocycles. The Labute approximate surface area is 134 Å². The van der Waals surface area contributed by atoms with E-state index in [4.69, 9.17) is 0 Å². The number of hydrogen-bond acceptors (Lipinski definition) is 4. The minimum absolute atomic E-state index is 0.00949. The van der Waals surface area contributed by atoms with Crippen molar-refractivity contribution in [1.29, 1.82) is 0 Å². The number of rotatable bonds is 3. The number of benzene rings is 2. The first-order chi connectivity index (χ1) is 11.0. The van der Waals surface area contributed by atoms with Gasteiger partial charge in [0, 0.05) is 18.2 Å². The van der Waals surface area contributed by atoms with Crippen molar-refractivity contribution in [2.75, 3.05) is 10.7 Å². The lowest BCUT2D eigenvalue weighted by atomic mass is 10.1. The fraction of sp³-hybridized carbons (Fsp3) is 0.133. The SMILES string of the molecule is O=C1CS[C@@H](c2ccc([N+](=O)[O-])cc2)N1c1ccc(F)cc1F. The molecule has 2 aromatic carbocycles. The lowest BCUT2D eigenvalue weighted by molar-refractivity contribution is -0.384. The number of halogens is 2. The topological polar surface area (TPSA) is 63.4 Å². The van der Waals surface area contributed by atoms with Crippen LogP contribution in [-0.4, -0.2) is 16.6 Å². The fourth-order valence-electron chi connectivity index (χ4n) is 2.37. The van der Waals surface area contributed by atoms with Gasteiger partial charge in [-0.3, -0.25) is 19.8 Å². The molecule has 23 heavy (non-hydrogen) atoms. The standard InChI is InChI=1S/C15H10F2N2O3S/c16-10-3-6-13(12(17)7-10)18-14(20)8-23-15(18)9-1-4-11(5-2-9)19(21)22/h1-7,15H,8H2/t15-/m0/s1. The maximum absolute atomic E-state index is 14.0. The van der Waals surface area contributed by atoms with Gasteiger partial charge in [0.1, 0.15) is 17.0 Å². The average molecular weight is 336 g/mol. The summed E-state index contributed by atoms with van der Waals surface area (Å²) < 4.78 is 27.1. The second-order valence-electron chi connectivity index (χ2n) is 4.87. The molecule has 0 saturated carbocycles. The summed E-state index contributed by atoms with van der Waals surface area (Å²) in [6.07, 6.45) is 0. The summed E-state index contributed by atoms with van der Waals surface area (Å²) in [5, 5.41) is 10.2. The summed E-state index contributed by atoms with van der Waals surface area (Å²) in [6, 6.07) is 8.74. The van der Waals surface area contributed by atoms with Crippen LogP contribution < -0.4 is 4.90 Å². The maximum atomic E-state index is 14.0. The predicted octanol–water partition coefficient (Wildman–Crippen LogP) is 3.65. The molecule has 1 aliphatic rings. The van der Waals surface area contributed by atoms with E-state index >= 15 is 0 Å².